The summed E-state index contributed by atoms with van der Waals surface area (Å²) < 4.78 is 0. The van der Waals surface area contributed by atoms with E-state index < -0.39 is 0 Å². The van der Waals surface area contributed by atoms with Crippen LogP contribution < -0.4 is 11.1 Å². The molecule has 0 aromatic heterocycles. The minimum absolute atomic E-state index is 0.0357. The number of nitrogens with zero attached hydrogens (tertiary/aromatic N) is 2. The molecule has 1 saturated heterocycles. The summed E-state index contributed by atoms with van der Waals surface area (Å²) in [4.78, 5) is 7.12. The lowest BCUT2D eigenvalue weighted by atomic mass is 10.1. The Morgan fingerprint density at radius 2 is 2.05 bits per heavy atom. The maximum atomic E-state index is 6.01. The number of aliphatic imine (C=N–C) groups is 1. The fourth-order valence-corrected chi connectivity index (χ4v) is 2.73. The summed E-state index contributed by atoms with van der Waals surface area (Å²) in [5, 5.41) is 3.24. The van der Waals surface area contributed by atoms with E-state index in [4.69, 9.17) is 5.73 Å². The molecule has 4 nitrogen and oxygen atoms in total. The Morgan fingerprint density at radius 1 is 1.33 bits per heavy atom. The van der Waals surface area contributed by atoms with Crippen LogP contribution in [0, 0.1) is 0 Å². The van der Waals surface area contributed by atoms with Crippen molar-refractivity contribution < 1.29 is 0 Å². The van der Waals surface area contributed by atoms with Crippen LogP contribution in [0.25, 0.3) is 0 Å². The van der Waals surface area contributed by atoms with E-state index in [-0.39, 0.29) is 5.54 Å². The third-order valence-corrected chi connectivity index (χ3v) is 3.55. The third-order valence-electron chi connectivity index (χ3n) is 3.55. The van der Waals surface area contributed by atoms with E-state index in [1.54, 1.807) is 0 Å². The van der Waals surface area contributed by atoms with Crippen molar-refractivity contribution in [3.63, 3.8) is 0 Å². The minimum Gasteiger partial charge on any atom is -0.370 e. The van der Waals surface area contributed by atoms with Gasteiger partial charge in [-0.15, -0.1) is 0 Å². The summed E-state index contributed by atoms with van der Waals surface area (Å²) in [6, 6.07) is 10.9. The molecule has 0 amide bonds. The van der Waals surface area contributed by atoms with Gasteiger partial charge >= 0.3 is 0 Å². The summed E-state index contributed by atoms with van der Waals surface area (Å²) in [6.45, 7) is 9.42. The number of nitrogens with two attached hydrogens (primary N) is 1. The molecule has 1 aromatic carbocycles. The van der Waals surface area contributed by atoms with Crippen LogP contribution in [0.5, 0.6) is 0 Å². The van der Waals surface area contributed by atoms with Gasteiger partial charge in [-0.2, -0.15) is 0 Å². The second kappa shape index (κ2) is 6.94. The van der Waals surface area contributed by atoms with Crippen molar-refractivity contribution in [2.24, 2.45) is 10.7 Å². The first-order valence-corrected chi connectivity index (χ1v) is 7.80. The van der Waals surface area contributed by atoms with Crippen molar-refractivity contribution in [2.45, 2.75) is 51.7 Å². The maximum absolute atomic E-state index is 6.01. The van der Waals surface area contributed by atoms with E-state index in [2.05, 4.69) is 66.3 Å². The molecule has 21 heavy (non-hydrogen) atoms. The Bertz CT molecular complexity index is 461. The van der Waals surface area contributed by atoms with Crippen LogP contribution in [0.2, 0.25) is 0 Å². The molecule has 1 fully saturated rings. The van der Waals surface area contributed by atoms with Crippen LogP contribution >= 0.6 is 0 Å². The van der Waals surface area contributed by atoms with Crippen LogP contribution in [0.3, 0.4) is 0 Å². The van der Waals surface area contributed by atoms with Crippen LogP contribution in [0.4, 0.5) is 0 Å². The summed E-state index contributed by atoms with van der Waals surface area (Å²) in [7, 11) is 0. The standard InChI is InChI=1S/C17H28N4/c1-17(2,3)20-16(18)19-15-10-7-11-21(13-15)12-14-8-5-4-6-9-14/h4-6,8-9,15H,7,10-13H2,1-3H3,(H3,18,19,20). The molecule has 1 aliphatic heterocycles. The van der Waals surface area contributed by atoms with Gasteiger partial charge in [0.05, 0.1) is 6.04 Å². The first-order valence-electron chi connectivity index (χ1n) is 7.80. The summed E-state index contributed by atoms with van der Waals surface area (Å²) in [5.74, 6) is 0.564. The Hall–Kier alpha value is -1.55. The number of guanidine groups is 1. The average molecular weight is 288 g/mol. The molecular formula is C17H28N4. The molecule has 4 heteroatoms. The number of likely N-dealkylation sites (tertiary alicyclic amines) is 1. The van der Waals surface area contributed by atoms with Crippen molar-refractivity contribution in [2.75, 3.05) is 13.1 Å². The van der Waals surface area contributed by atoms with E-state index in [9.17, 15) is 0 Å². The van der Waals surface area contributed by atoms with E-state index >= 15 is 0 Å². The summed E-state index contributed by atoms with van der Waals surface area (Å²) in [5.41, 5.74) is 7.34. The maximum Gasteiger partial charge on any atom is 0.189 e. The minimum atomic E-state index is -0.0357. The van der Waals surface area contributed by atoms with Gasteiger partial charge in [-0.3, -0.25) is 4.90 Å². The van der Waals surface area contributed by atoms with Gasteiger partial charge in [0.2, 0.25) is 0 Å². The van der Waals surface area contributed by atoms with E-state index in [0.717, 1.165) is 26.1 Å². The molecule has 1 aliphatic rings. The Kier molecular flexibility index (Phi) is 5.23. The van der Waals surface area contributed by atoms with E-state index in [1.165, 1.54) is 12.0 Å². The second-order valence-corrected chi connectivity index (χ2v) is 6.91. The first-order chi connectivity index (χ1) is 9.92. The number of rotatable bonds is 3. The van der Waals surface area contributed by atoms with Crippen molar-refractivity contribution in [1.29, 1.82) is 0 Å². The fourth-order valence-electron chi connectivity index (χ4n) is 2.73. The molecular weight excluding hydrogens is 260 g/mol. The highest BCUT2D eigenvalue weighted by Gasteiger charge is 2.20. The quantitative estimate of drug-likeness (QED) is 0.663. The molecule has 0 saturated carbocycles. The number of nitrogens with one attached hydrogen (secondary N) is 1. The van der Waals surface area contributed by atoms with Crippen LogP contribution in [-0.2, 0) is 6.54 Å². The molecule has 1 unspecified atom stereocenters. The molecule has 3 N–H and O–H groups in total. The van der Waals surface area contributed by atoms with Crippen molar-refractivity contribution in [1.82, 2.24) is 10.2 Å². The zero-order valence-corrected chi connectivity index (χ0v) is 13.5. The predicted octanol–water partition coefficient (Wildman–Crippen LogP) is 2.35. The van der Waals surface area contributed by atoms with Crippen LogP contribution in [0.15, 0.2) is 35.3 Å². The lowest BCUT2D eigenvalue weighted by Gasteiger charge is -2.31. The average Bonchev–Trinajstić information content (AvgIpc) is 2.38. The molecule has 0 bridgehead atoms. The highest BCUT2D eigenvalue weighted by Crippen LogP contribution is 2.16. The molecule has 0 aliphatic carbocycles. The zero-order valence-electron chi connectivity index (χ0n) is 13.5. The fraction of sp³-hybridized carbons (Fsp3) is 0.588. The Balaban J connectivity index is 1.90. The summed E-state index contributed by atoms with van der Waals surface area (Å²) in [6.07, 6.45) is 2.31. The largest absolute Gasteiger partial charge is 0.370 e. The van der Waals surface area contributed by atoms with Crippen LogP contribution in [-0.4, -0.2) is 35.5 Å². The Morgan fingerprint density at radius 3 is 2.71 bits per heavy atom. The number of hydrogen-bond acceptors (Lipinski definition) is 2. The normalized spacial score (nSPS) is 21.3. The number of hydrogen-bond donors (Lipinski definition) is 2. The lowest BCUT2D eigenvalue weighted by Crippen LogP contribution is -2.46. The predicted molar refractivity (Wildman–Crippen MR) is 89.3 cm³/mol. The Labute approximate surface area is 128 Å². The molecule has 116 valence electrons. The van der Waals surface area contributed by atoms with Gasteiger partial charge < -0.3 is 11.1 Å². The molecule has 0 spiro atoms. The lowest BCUT2D eigenvalue weighted by molar-refractivity contribution is 0.202. The second-order valence-electron chi connectivity index (χ2n) is 6.91. The first kappa shape index (κ1) is 15.8. The van der Waals surface area contributed by atoms with Crippen LogP contribution in [0.1, 0.15) is 39.2 Å². The van der Waals surface area contributed by atoms with Crippen molar-refractivity contribution in [3.05, 3.63) is 35.9 Å². The van der Waals surface area contributed by atoms with Crippen molar-refractivity contribution in [3.8, 4) is 0 Å². The third kappa shape index (κ3) is 5.76. The van der Waals surface area contributed by atoms with Gasteiger partial charge in [-0.1, -0.05) is 30.3 Å². The molecule has 0 radical (unpaired) electrons. The summed E-state index contributed by atoms with van der Waals surface area (Å²) >= 11 is 0. The van der Waals surface area contributed by atoms with Crippen molar-refractivity contribution >= 4 is 5.96 Å². The number of piperidine rings is 1. The molecule has 1 atom stereocenters. The molecule has 1 heterocycles. The van der Waals surface area contributed by atoms with Gasteiger partial charge in [0.1, 0.15) is 0 Å². The van der Waals surface area contributed by atoms with Gasteiger partial charge in [-0.05, 0) is 45.7 Å². The van der Waals surface area contributed by atoms with Gasteiger partial charge in [-0.25, -0.2) is 4.99 Å². The smallest absolute Gasteiger partial charge is 0.189 e. The van der Waals surface area contributed by atoms with Gasteiger partial charge in [0, 0.05) is 18.6 Å². The highest BCUT2D eigenvalue weighted by atomic mass is 15.2. The zero-order chi connectivity index (χ0) is 15.3. The topological polar surface area (TPSA) is 53.6 Å². The SMILES string of the molecule is CC(C)(C)NC(N)=NC1CCCN(Cc2ccccc2)C1. The molecule has 1 aromatic rings. The number of benzene rings is 1. The van der Waals surface area contributed by atoms with E-state index in [0.29, 0.717) is 12.0 Å². The highest BCUT2D eigenvalue weighted by molar-refractivity contribution is 5.78. The monoisotopic (exact) mass is 288 g/mol. The van der Waals surface area contributed by atoms with Gasteiger partial charge in [0.25, 0.3) is 0 Å². The van der Waals surface area contributed by atoms with E-state index in [1.807, 2.05) is 0 Å². The van der Waals surface area contributed by atoms with Gasteiger partial charge in [0.15, 0.2) is 5.96 Å². The molecule has 2 rings (SSSR count).